The van der Waals surface area contributed by atoms with Gasteiger partial charge in [-0.15, -0.1) is 0 Å². The normalized spacial score (nSPS) is 22.5. The Bertz CT molecular complexity index is 924. The van der Waals surface area contributed by atoms with Gasteiger partial charge in [-0.05, 0) is 53.8 Å². The second-order valence-electron chi connectivity index (χ2n) is 6.91. The van der Waals surface area contributed by atoms with Gasteiger partial charge in [-0.3, -0.25) is 9.59 Å². The number of rotatable bonds is 4. The monoisotopic (exact) mass is 366 g/mol. The lowest BCUT2D eigenvalue weighted by molar-refractivity contribution is -0.135. The number of carbonyl (C=O) groups is 2. The van der Waals surface area contributed by atoms with E-state index < -0.39 is 18.4 Å². The molecule has 0 unspecified atom stereocenters. The lowest BCUT2D eigenvalue weighted by Gasteiger charge is -2.37. The molecule has 0 spiro atoms. The molecule has 0 saturated heterocycles. The molecule has 0 bridgehead atoms. The highest BCUT2D eigenvalue weighted by Crippen LogP contribution is 2.49. The van der Waals surface area contributed by atoms with Gasteiger partial charge in [0.2, 0.25) is 0 Å². The van der Waals surface area contributed by atoms with Gasteiger partial charge in [0.25, 0.3) is 5.91 Å². The predicted octanol–water partition coefficient (Wildman–Crippen LogP) is 3.47. The lowest BCUT2D eigenvalue weighted by Crippen LogP contribution is -2.31. The van der Waals surface area contributed by atoms with Crippen molar-refractivity contribution in [2.75, 3.05) is 11.9 Å². The summed E-state index contributed by atoms with van der Waals surface area (Å²) in [5.41, 5.74) is 3.43. The number of halogens is 1. The van der Waals surface area contributed by atoms with Crippen LogP contribution in [0.25, 0.3) is 0 Å². The average molecular weight is 366 g/mol. The van der Waals surface area contributed by atoms with Gasteiger partial charge in [0.05, 0.1) is 6.04 Å². The van der Waals surface area contributed by atoms with Crippen molar-refractivity contribution >= 4 is 17.6 Å². The van der Waals surface area contributed by atoms with E-state index in [-0.39, 0.29) is 23.7 Å². The summed E-state index contributed by atoms with van der Waals surface area (Å²) in [5.74, 6) is -1.31. The molecule has 138 valence electrons. The van der Waals surface area contributed by atoms with Gasteiger partial charge in [-0.1, -0.05) is 24.3 Å². The molecule has 3 N–H and O–H groups in total. The number of nitrogens with one attached hydrogen (secondary N) is 2. The SMILES string of the molecule is O=C(O)CNC(=O)c1ccc2c(c1)[C@@H]1C=CC[C@H]1[C@@H](c1ccc(F)cc1)N2. The molecule has 2 aliphatic rings. The summed E-state index contributed by atoms with van der Waals surface area (Å²) in [5, 5.41) is 14.6. The molecular weight excluding hydrogens is 347 g/mol. The lowest BCUT2D eigenvalue weighted by atomic mass is 9.76. The van der Waals surface area contributed by atoms with Gasteiger partial charge in [0.1, 0.15) is 12.4 Å². The number of hydrogen-bond acceptors (Lipinski definition) is 3. The molecule has 0 aromatic heterocycles. The molecule has 6 heteroatoms. The second kappa shape index (κ2) is 6.87. The zero-order valence-corrected chi connectivity index (χ0v) is 14.5. The molecule has 2 aromatic carbocycles. The van der Waals surface area contributed by atoms with E-state index in [2.05, 4.69) is 22.8 Å². The summed E-state index contributed by atoms with van der Waals surface area (Å²) >= 11 is 0. The van der Waals surface area contributed by atoms with Crippen molar-refractivity contribution in [3.8, 4) is 0 Å². The number of anilines is 1. The number of hydrogen-bond donors (Lipinski definition) is 3. The van der Waals surface area contributed by atoms with Gasteiger partial charge in [-0.25, -0.2) is 4.39 Å². The summed E-state index contributed by atoms with van der Waals surface area (Å²) in [4.78, 5) is 22.8. The van der Waals surface area contributed by atoms with E-state index in [0.717, 1.165) is 23.2 Å². The maximum absolute atomic E-state index is 13.3. The first kappa shape index (κ1) is 17.3. The van der Waals surface area contributed by atoms with Crippen molar-refractivity contribution < 1.29 is 19.1 Å². The maximum atomic E-state index is 13.3. The Hall–Kier alpha value is -3.15. The van der Waals surface area contributed by atoms with Crippen LogP contribution in [0.1, 0.15) is 39.9 Å². The average Bonchev–Trinajstić information content (AvgIpc) is 3.16. The highest BCUT2D eigenvalue weighted by molar-refractivity contribution is 5.96. The molecule has 5 nitrogen and oxygen atoms in total. The smallest absolute Gasteiger partial charge is 0.322 e. The van der Waals surface area contributed by atoms with E-state index >= 15 is 0 Å². The number of carboxylic acid groups (broad SMARTS) is 1. The molecule has 0 radical (unpaired) electrons. The van der Waals surface area contributed by atoms with Gasteiger partial charge in [0.15, 0.2) is 0 Å². The van der Waals surface area contributed by atoms with E-state index in [1.54, 1.807) is 18.2 Å². The Labute approximate surface area is 155 Å². The first-order valence-electron chi connectivity index (χ1n) is 8.85. The molecule has 1 aliphatic heterocycles. The van der Waals surface area contributed by atoms with Crippen LogP contribution in [0.4, 0.5) is 10.1 Å². The highest BCUT2D eigenvalue weighted by Gasteiger charge is 2.38. The third kappa shape index (κ3) is 3.30. The summed E-state index contributed by atoms with van der Waals surface area (Å²) in [6, 6.07) is 12.0. The van der Waals surface area contributed by atoms with Gasteiger partial charge in [0, 0.05) is 17.2 Å². The molecule has 1 heterocycles. The zero-order valence-electron chi connectivity index (χ0n) is 14.5. The van der Waals surface area contributed by atoms with Crippen LogP contribution >= 0.6 is 0 Å². The van der Waals surface area contributed by atoms with Gasteiger partial charge >= 0.3 is 5.97 Å². The highest BCUT2D eigenvalue weighted by atomic mass is 19.1. The Morgan fingerprint density at radius 3 is 2.70 bits per heavy atom. The van der Waals surface area contributed by atoms with E-state index in [0.29, 0.717) is 5.56 Å². The molecule has 27 heavy (non-hydrogen) atoms. The minimum Gasteiger partial charge on any atom is -0.480 e. The first-order valence-corrected chi connectivity index (χ1v) is 8.85. The van der Waals surface area contributed by atoms with Crippen LogP contribution in [0.2, 0.25) is 0 Å². The molecule has 2 aromatic rings. The number of amides is 1. The Morgan fingerprint density at radius 1 is 1.19 bits per heavy atom. The fourth-order valence-electron chi connectivity index (χ4n) is 3.99. The molecule has 3 atom stereocenters. The number of allylic oxidation sites excluding steroid dienone is 2. The number of carbonyl (C=O) groups excluding carboxylic acids is 1. The third-order valence-corrected chi connectivity index (χ3v) is 5.25. The maximum Gasteiger partial charge on any atom is 0.322 e. The van der Waals surface area contributed by atoms with E-state index in [9.17, 15) is 14.0 Å². The van der Waals surface area contributed by atoms with Crippen molar-refractivity contribution in [3.63, 3.8) is 0 Å². The Morgan fingerprint density at radius 2 is 1.96 bits per heavy atom. The summed E-state index contributed by atoms with van der Waals surface area (Å²) < 4.78 is 13.3. The number of carboxylic acids is 1. The topological polar surface area (TPSA) is 78.4 Å². The van der Waals surface area contributed by atoms with Crippen molar-refractivity contribution in [2.45, 2.75) is 18.4 Å². The summed E-state index contributed by atoms with van der Waals surface area (Å²) in [6.07, 6.45) is 5.19. The van der Waals surface area contributed by atoms with E-state index in [1.807, 2.05) is 12.1 Å². The van der Waals surface area contributed by atoms with E-state index in [1.165, 1.54) is 12.1 Å². The predicted molar refractivity (Wildman–Crippen MR) is 99.2 cm³/mol. The molecule has 0 saturated carbocycles. The van der Waals surface area contributed by atoms with Crippen LogP contribution in [0.5, 0.6) is 0 Å². The number of benzene rings is 2. The molecular formula is C21H19FN2O3. The minimum absolute atomic E-state index is 0.0600. The number of fused-ring (bicyclic) bond motifs is 3. The van der Waals surface area contributed by atoms with Crippen LogP contribution in [-0.2, 0) is 4.79 Å². The van der Waals surface area contributed by atoms with Gasteiger partial charge in [-0.2, -0.15) is 0 Å². The summed E-state index contributed by atoms with van der Waals surface area (Å²) in [6.45, 7) is -0.410. The largest absolute Gasteiger partial charge is 0.480 e. The fourth-order valence-corrected chi connectivity index (χ4v) is 3.99. The van der Waals surface area contributed by atoms with Crippen LogP contribution in [0.3, 0.4) is 0 Å². The molecule has 1 amide bonds. The van der Waals surface area contributed by atoms with Crippen molar-refractivity contribution in [3.05, 3.63) is 77.1 Å². The Kier molecular flexibility index (Phi) is 4.39. The molecule has 1 aliphatic carbocycles. The second-order valence-corrected chi connectivity index (χ2v) is 6.91. The first-order chi connectivity index (χ1) is 13.0. The minimum atomic E-state index is -1.08. The van der Waals surface area contributed by atoms with Gasteiger partial charge < -0.3 is 15.7 Å². The Balaban J connectivity index is 1.64. The molecule has 0 fully saturated rings. The van der Waals surface area contributed by atoms with Crippen LogP contribution in [-0.4, -0.2) is 23.5 Å². The number of aliphatic carboxylic acids is 1. The summed E-state index contributed by atoms with van der Waals surface area (Å²) in [7, 11) is 0. The van der Waals surface area contributed by atoms with Crippen molar-refractivity contribution in [1.82, 2.24) is 5.32 Å². The van der Waals surface area contributed by atoms with E-state index in [4.69, 9.17) is 5.11 Å². The van der Waals surface area contributed by atoms with Crippen molar-refractivity contribution in [2.24, 2.45) is 5.92 Å². The third-order valence-electron chi connectivity index (χ3n) is 5.25. The van der Waals surface area contributed by atoms with Crippen molar-refractivity contribution in [1.29, 1.82) is 0 Å². The van der Waals surface area contributed by atoms with Crippen LogP contribution in [0, 0.1) is 11.7 Å². The molecule has 4 rings (SSSR count). The fraction of sp³-hybridized carbons (Fsp3) is 0.238. The van der Waals surface area contributed by atoms with Crippen LogP contribution < -0.4 is 10.6 Å². The quantitative estimate of drug-likeness (QED) is 0.724. The van der Waals surface area contributed by atoms with Crippen LogP contribution in [0.15, 0.2) is 54.6 Å². The standard InChI is InChI=1S/C21H19FN2O3/c22-14-7-4-12(5-8-14)20-16-3-1-2-15(16)17-10-13(6-9-18(17)24-20)21(27)23-11-19(25)26/h1-2,4-10,15-16,20,24H,3,11H2,(H,23,27)(H,25,26)/t15-,16-,20-/m1/s1. The zero-order chi connectivity index (χ0) is 19.0.